The van der Waals surface area contributed by atoms with Gasteiger partial charge in [-0.3, -0.25) is 9.78 Å². The molecule has 0 bridgehead atoms. The van der Waals surface area contributed by atoms with Crippen molar-refractivity contribution in [3.8, 4) is 0 Å². The molecule has 1 aliphatic rings. The van der Waals surface area contributed by atoms with E-state index in [4.69, 9.17) is 0 Å². The molecule has 3 rings (SSSR count). The van der Waals surface area contributed by atoms with Crippen LogP contribution in [0.2, 0.25) is 0 Å². The molecule has 1 fully saturated rings. The predicted molar refractivity (Wildman–Crippen MR) is 84.2 cm³/mol. The molecule has 0 spiro atoms. The van der Waals surface area contributed by atoms with E-state index in [0.717, 1.165) is 25.3 Å². The van der Waals surface area contributed by atoms with Gasteiger partial charge in [-0.25, -0.2) is 4.98 Å². The third-order valence-corrected chi connectivity index (χ3v) is 4.91. The minimum absolute atomic E-state index is 0.0163. The van der Waals surface area contributed by atoms with Crippen LogP contribution in [0, 0.1) is 0 Å². The van der Waals surface area contributed by atoms with E-state index in [1.165, 1.54) is 11.8 Å². The van der Waals surface area contributed by atoms with Crippen molar-refractivity contribution in [1.82, 2.24) is 14.9 Å². The molecule has 1 amide bonds. The summed E-state index contributed by atoms with van der Waals surface area (Å²) in [6.45, 7) is 1.53. The number of rotatable bonds is 2. The number of hydrogen-bond donors (Lipinski definition) is 0. The monoisotopic (exact) mass is 299 g/mol. The van der Waals surface area contributed by atoms with Gasteiger partial charge < -0.3 is 4.90 Å². The average Bonchev–Trinajstić information content (AvgIpc) is 2.82. The Kier molecular flexibility index (Phi) is 4.50. The van der Waals surface area contributed by atoms with Crippen LogP contribution in [0.5, 0.6) is 0 Å². The molecule has 0 saturated carbocycles. The van der Waals surface area contributed by atoms with Gasteiger partial charge in [0.1, 0.15) is 5.69 Å². The summed E-state index contributed by atoms with van der Waals surface area (Å²) < 4.78 is 0. The van der Waals surface area contributed by atoms with Gasteiger partial charge >= 0.3 is 0 Å². The van der Waals surface area contributed by atoms with Crippen LogP contribution < -0.4 is 0 Å². The van der Waals surface area contributed by atoms with Crippen LogP contribution in [0.15, 0.2) is 48.9 Å². The van der Waals surface area contributed by atoms with Crippen molar-refractivity contribution in [3.63, 3.8) is 0 Å². The van der Waals surface area contributed by atoms with Gasteiger partial charge in [-0.1, -0.05) is 30.3 Å². The highest BCUT2D eigenvalue weighted by Gasteiger charge is 2.23. The molecule has 1 atom stereocenters. The number of thioether (sulfide) groups is 1. The number of benzene rings is 1. The number of carbonyl (C=O) groups is 1. The lowest BCUT2D eigenvalue weighted by atomic mass is 10.1. The molecule has 1 aliphatic heterocycles. The molecule has 0 unspecified atom stereocenters. The molecule has 1 aromatic heterocycles. The molecular formula is C16H17N3OS. The maximum absolute atomic E-state index is 12.4. The molecule has 0 radical (unpaired) electrons. The van der Waals surface area contributed by atoms with E-state index in [0.29, 0.717) is 10.9 Å². The lowest BCUT2D eigenvalue weighted by molar-refractivity contribution is 0.0760. The van der Waals surface area contributed by atoms with E-state index >= 15 is 0 Å². The van der Waals surface area contributed by atoms with E-state index in [2.05, 4.69) is 34.2 Å². The summed E-state index contributed by atoms with van der Waals surface area (Å²) in [6.07, 6.45) is 5.66. The summed E-state index contributed by atoms with van der Waals surface area (Å²) in [7, 11) is 0. The predicted octanol–water partition coefficient (Wildman–Crippen LogP) is 2.80. The Labute approximate surface area is 128 Å². The van der Waals surface area contributed by atoms with Crippen molar-refractivity contribution in [1.29, 1.82) is 0 Å². The van der Waals surface area contributed by atoms with Gasteiger partial charge in [0.25, 0.3) is 5.91 Å². The Morgan fingerprint density at radius 1 is 1.19 bits per heavy atom. The first-order valence-corrected chi connectivity index (χ1v) is 8.11. The van der Waals surface area contributed by atoms with E-state index in [1.807, 2.05) is 22.7 Å². The molecule has 4 nitrogen and oxygen atoms in total. The van der Waals surface area contributed by atoms with Crippen LogP contribution in [0.4, 0.5) is 0 Å². The Morgan fingerprint density at radius 3 is 2.81 bits per heavy atom. The molecule has 5 heteroatoms. The van der Waals surface area contributed by atoms with Gasteiger partial charge in [0, 0.05) is 36.5 Å². The second-order valence-corrected chi connectivity index (χ2v) is 6.25. The zero-order valence-electron chi connectivity index (χ0n) is 11.7. The molecule has 0 N–H and O–H groups in total. The summed E-state index contributed by atoms with van der Waals surface area (Å²) in [6, 6.07) is 10.5. The third kappa shape index (κ3) is 3.42. The fourth-order valence-electron chi connectivity index (χ4n) is 2.48. The number of hydrogen-bond acceptors (Lipinski definition) is 4. The first kappa shape index (κ1) is 14.1. The zero-order chi connectivity index (χ0) is 14.5. The highest BCUT2D eigenvalue weighted by molar-refractivity contribution is 7.99. The topological polar surface area (TPSA) is 46.1 Å². The average molecular weight is 299 g/mol. The molecule has 2 aromatic rings. The largest absolute Gasteiger partial charge is 0.336 e. The van der Waals surface area contributed by atoms with Crippen molar-refractivity contribution in [2.45, 2.75) is 11.7 Å². The van der Waals surface area contributed by atoms with Crippen LogP contribution in [-0.2, 0) is 0 Å². The number of amides is 1. The van der Waals surface area contributed by atoms with Gasteiger partial charge in [0.15, 0.2) is 0 Å². The van der Waals surface area contributed by atoms with Gasteiger partial charge in [-0.15, -0.1) is 0 Å². The summed E-state index contributed by atoms with van der Waals surface area (Å²) in [4.78, 5) is 22.4. The fraction of sp³-hybridized carbons (Fsp3) is 0.312. The summed E-state index contributed by atoms with van der Waals surface area (Å²) in [5.41, 5.74) is 1.77. The standard InChI is InChI=1S/C16H17N3OS/c20-16(14-12-17-7-8-18-14)19-9-6-15(21-11-10-19)13-4-2-1-3-5-13/h1-5,7-8,12,15H,6,9-11H2/t15-/m1/s1. The smallest absolute Gasteiger partial charge is 0.274 e. The van der Waals surface area contributed by atoms with Gasteiger partial charge in [0.2, 0.25) is 0 Å². The SMILES string of the molecule is O=C(c1cnccn1)N1CCS[C@@H](c2ccccc2)CC1. The Bertz CT molecular complexity index is 591. The maximum atomic E-state index is 12.4. The normalized spacial score (nSPS) is 19.0. The van der Waals surface area contributed by atoms with Crippen molar-refractivity contribution in [3.05, 3.63) is 60.2 Å². The first-order valence-electron chi connectivity index (χ1n) is 7.06. The second kappa shape index (κ2) is 6.72. The Balaban J connectivity index is 1.67. The van der Waals surface area contributed by atoms with Crippen molar-refractivity contribution in [2.75, 3.05) is 18.8 Å². The molecule has 2 heterocycles. The number of nitrogens with zero attached hydrogens (tertiary/aromatic N) is 3. The molecule has 0 aliphatic carbocycles. The number of aromatic nitrogens is 2. The van der Waals surface area contributed by atoms with Crippen molar-refractivity contribution in [2.24, 2.45) is 0 Å². The van der Waals surface area contributed by atoms with E-state index in [9.17, 15) is 4.79 Å². The van der Waals surface area contributed by atoms with Gasteiger partial charge in [-0.2, -0.15) is 11.8 Å². The van der Waals surface area contributed by atoms with Crippen LogP contribution in [-0.4, -0.2) is 39.6 Å². The molecule has 108 valence electrons. The van der Waals surface area contributed by atoms with Crippen LogP contribution >= 0.6 is 11.8 Å². The summed E-state index contributed by atoms with van der Waals surface area (Å²) in [5.74, 6) is 0.934. The van der Waals surface area contributed by atoms with Gasteiger partial charge in [0.05, 0.1) is 6.20 Å². The second-order valence-electron chi connectivity index (χ2n) is 4.94. The van der Waals surface area contributed by atoms with Crippen LogP contribution in [0.1, 0.15) is 27.7 Å². The van der Waals surface area contributed by atoms with Gasteiger partial charge in [-0.05, 0) is 12.0 Å². The number of carbonyl (C=O) groups excluding carboxylic acids is 1. The molecule has 21 heavy (non-hydrogen) atoms. The summed E-state index contributed by atoms with van der Waals surface area (Å²) in [5, 5.41) is 0.464. The van der Waals surface area contributed by atoms with Crippen LogP contribution in [0.3, 0.4) is 0 Å². The highest BCUT2D eigenvalue weighted by atomic mass is 32.2. The lowest BCUT2D eigenvalue weighted by Crippen LogP contribution is -2.33. The maximum Gasteiger partial charge on any atom is 0.274 e. The van der Waals surface area contributed by atoms with Crippen molar-refractivity contribution < 1.29 is 4.79 Å². The lowest BCUT2D eigenvalue weighted by Gasteiger charge is -2.19. The Hall–Kier alpha value is -1.88. The quantitative estimate of drug-likeness (QED) is 0.855. The minimum Gasteiger partial charge on any atom is -0.336 e. The zero-order valence-corrected chi connectivity index (χ0v) is 12.5. The van der Waals surface area contributed by atoms with E-state index < -0.39 is 0 Å². The highest BCUT2D eigenvalue weighted by Crippen LogP contribution is 2.34. The molecule has 1 aromatic carbocycles. The first-order chi connectivity index (χ1) is 10.3. The summed E-state index contributed by atoms with van der Waals surface area (Å²) >= 11 is 1.92. The Morgan fingerprint density at radius 2 is 2.05 bits per heavy atom. The van der Waals surface area contributed by atoms with E-state index in [1.54, 1.807) is 12.4 Å². The van der Waals surface area contributed by atoms with E-state index in [-0.39, 0.29) is 5.91 Å². The van der Waals surface area contributed by atoms with Crippen LogP contribution in [0.25, 0.3) is 0 Å². The molecule has 1 saturated heterocycles. The van der Waals surface area contributed by atoms with Crippen molar-refractivity contribution >= 4 is 17.7 Å². The fourth-order valence-corrected chi connectivity index (χ4v) is 3.71. The minimum atomic E-state index is -0.0163. The molecular weight excluding hydrogens is 282 g/mol. The third-order valence-electron chi connectivity index (χ3n) is 3.58.